The SMILES string of the molecule is C=CCn1c(=NC(=O)C=Cc2cccs2)sc2cc([N+](=O)[O-])ccc21. The molecule has 1 aromatic carbocycles. The van der Waals surface area contributed by atoms with E-state index in [0.717, 1.165) is 10.4 Å². The Morgan fingerprint density at radius 2 is 2.24 bits per heavy atom. The summed E-state index contributed by atoms with van der Waals surface area (Å²) >= 11 is 2.77. The summed E-state index contributed by atoms with van der Waals surface area (Å²) in [5.74, 6) is -0.382. The maximum Gasteiger partial charge on any atom is 0.272 e. The van der Waals surface area contributed by atoms with Crippen LogP contribution in [0.2, 0.25) is 0 Å². The number of aromatic nitrogens is 1. The van der Waals surface area contributed by atoms with Gasteiger partial charge in [0.2, 0.25) is 0 Å². The lowest BCUT2D eigenvalue weighted by molar-refractivity contribution is -0.384. The van der Waals surface area contributed by atoms with Gasteiger partial charge in [0.15, 0.2) is 4.80 Å². The fourth-order valence-electron chi connectivity index (χ4n) is 2.24. The molecule has 0 spiro atoms. The van der Waals surface area contributed by atoms with Gasteiger partial charge in [-0.3, -0.25) is 14.9 Å². The van der Waals surface area contributed by atoms with Gasteiger partial charge < -0.3 is 4.57 Å². The Morgan fingerprint density at radius 3 is 2.92 bits per heavy atom. The second kappa shape index (κ2) is 7.37. The molecule has 0 atom stereocenters. The van der Waals surface area contributed by atoms with Gasteiger partial charge in [-0.05, 0) is 23.6 Å². The first kappa shape index (κ1) is 17.0. The van der Waals surface area contributed by atoms with E-state index in [-0.39, 0.29) is 11.6 Å². The summed E-state index contributed by atoms with van der Waals surface area (Å²) in [7, 11) is 0. The molecule has 2 aromatic heterocycles. The van der Waals surface area contributed by atoms with Crippen LogP contribution in [0.25, 0.3) is 16.3 Å². The number of hydrogen-bond donors (Lipinski definition) is 0. The van der Waals surface area contributed by atoms with Crippen LogP contribution in [-0.2, 0) is 11.3 Å². The van der Waals surface area contributed by atoms with E-state index in [9.17, 15) is 14.9 Å². The zero-order chi connectivity index (χ0) is 17.8. The Morgan fingerprint density at radius 1 is 1.40 bits per heavy atom. The average Bonchev–Trinajstić information content (AvgIpc) is 3.21. The molecular formula is C17H13N3O3S2. The standard InChI is InChI=1S/C17H13N3O3S2/c1-2-9-19-14-7-5-12(20(22)23)11-15(14)25-17(19)18-16(21)8-6-13-4-3-10-24-13/h2-8,10-11H,1,9H2. The molecule has 0 saturated carbocycles. The Labute approximate surface area is 150 Å². The van der Waals surface area contributed by atoms with Crippen molar-refractivity contribution >= 4 is 50.6 Å². The van der Waals surface area contributed by atoms with Gasteiger partial charge in [-0.25, -0.2) is 0 Å². The summed E-state index contributed by atoms with van der Waals surface area (Å²) in [6.45, 7) is 4.17. The minimum Gasteiger partial charge on any atom is -0.312 e. The van der Waals surface area contributed by atoms with Gasteiger partial charge in [-0.2, -0.15) is 4.99 Å². The maximum atomic E-state index is 12.1. The molecular weight excluding hydrogens is 358 g/mol. The van der Waals surface area contributed by atoms with Crippen molar-refractivity contribution in [3.8, 4) is 0 Å². The number of benzene rings is 1. The number of nitro groups is 1. The van der Waals surface area contributed by atoms with E-state index in [4.69, 9.17) is 0 Å². The molecule has 0 aliphatic carbocycles. The van der Waals surface area contributed by atoms with Crippen LogP contribution >= 0.6 is 22.7 Å². The molecule has 126 valence electrons. The molecule has 1 amide bonds. The third kappa shape index (κ3) is 3.81. The van der Waals surface area contributed by atoms with Crippen LogP contribution in [-0.4, -0.2) is 15.4 Å². The molecule has 8 heteroatoms. The van der Waals surface area contributed by atoms with Gasteiger partial charge in [0.1, 0.15) is 0 Å². The van der Waals surface area contributed by atoms with E-state index in [1.165, 1.54) is 40.9 Å². The molecule has 2 heterocycles. The second-order valence-electron chi connectivity index (χ2n) is 4.99. The first-order chi connectivity index (χ1) is 12.1. The van der Waals surface area contributed by atoms with Crippen molar-refractivity contribution in [2.24, 2.45) is 4.99 Å². The predicted molar refractivity (Wildman–Crippen MR) is 101 cm³/mol. The van der Waals surface area contributed by atoms with Crippen molar-refractivity contribution in [3.63, 3.8) is 0 Å². The fourth-order valence-corrected chi connectivity index (χ4v) is 3.93. The van der Waals surface area contributed by atoms with Crippen LogP contribution in [0, 0.1) is 10.1 Å². The van der Waals surface area contributed by atoms with Crippen LogP contribution in [0.15, 0.2) is 59.4 Å². The Hall–Kier alpha value is -2.84. The summed E-state index contributed by atoms with van der Waals surface area (Å²) in [5.41, 5.74) is 0.791. The quantitative estimate of drug-likeness (QED) is 0.294. The lowest BCUT2D eigenvalue weighted by Gasteiger charge is -2.00. The number of thiazole rings is 1. The monoisotopic (exact) mass is 371 g/mol. The Balaban J connectivity index is 2.04. The number of hydrogen-bond acceptors (Lipinski definition) is 5. The van der Waals surface area contributed by atoms with Crippen molar-refractivity contribution in [2.45, 2.75) is 6.54 Å². The average molecular weight is 371 g/mol. The zero-order valence-corrected chi connectivity index (χ0v) is 14.6. The molecule has 0 bridgehead atoms. The highest BCUT2D eigenvalue weighted by atomic mass is 32.1. The first-order valence-corrected chi connectivity index (χ1v) is 8.97. The topological polar surface area (TPSA) is 77.5 Å². The number of non-ortho nitro benzene ring substituents is 1. The van der Waals surface area contributed by atoms with Crippen molar-refractivity contribution in [3.05, 3.63) is 74.2 Å². The smallest absolute Gasteiger partial charge is 0.272 e. The number of rotatable bonds is 5. The number of carbonyl (C=O) groups is 1. The summed E-state index contributed by atoms with van der Waals surface area (Å²) in [5, 5.41) is 12.9. The Bertz CT molecular complexity index is 1040. The molecule has 0 saturated heterocycles. The Kier molecular flexibility index (Phi) is 5.01. The van der Waals surface area contributed by atoms with Crippen molar-refractivity contribution in [1.82, 2.24) is 4.57 Å². The largest absolute Gasteiger partial charge is 0.312 e. The minimum atomic E-state index is -0.442. The summed E-state index contributed by atoms with van der Waals surface area (Å²) in [6.07, 6.45) is 4.82. The summed E-state index contributed by atoms with van der Waals surface area (Å²) in [6, 6.07) is 8.41. The molecule has 0 aliphatic rings. The molecule has 3 rings (SSSR count). The van der Waals surface area contributed by atoms with Gasteiger partial charge in [-0.15, -0.1) is 17.9 Å². The molecule has 0 unspecified atom stereocenters. The third-order valence-electron chi connectivity index (χ3n) is 3.33. The second-order valence-corrected chi connectivity index (χ2v) is 6.98. The van der Waals surface area contributed by atoms with Gasteiger partial charge >= 0.3 is 0 Å². The zero-order valence-electron chi connectivity index (χ0n) is 13.0. The van der Waals surface area contributed by atoms with E-state index < -0.39 is 4.92 Å². The van der Waals surface area contributed by atoms with Gasteiger partial charge in [-0.1, -0.05) is 23.5 Å². The highest BCUT2D eigenvalue weighted by Crippen LogP contribution is 2.23. The van der Waals surface area contributed by atoms with Crippen molar-refractivity contribution in [2.75, 3.05) is 0 Å². The molecule has 3 aromatic rings. The van der Waals surface area contributed by atoms with E-state index in [1.807, 2.05) is 22.1 Å². The van der Waals surface area contributed by atoms with Crippen LogP contribution in [0.3, 0.4) is 0 Å². The van der Waals surface area contributed by atoms with Crippen molar-refractivity contribution < 1.29 is 9.72 Å². The van der Waals surface area contributed by atoms with E-state index in [1.54, 1.807) is 18.2 Å². The number of fused-ring (bicyclic) bond motifs is 1. The van der Waals surface area contributed by atoms with Crippen LogP contribution in [0.4, 0.5) is 5.69 Å². The highest BCUT2D eigenvalue weighted by molar-refractivity contribution is 7.16. The van der Waals surface area contributed by atoms with Crippen LogP contribution in [0.1, 0.15) is 4.88 Å². The minimum absolute atomic E-state index is 0.00923. The lowest BCUT2D eigenvalue weighted by atomic mass is 10.3. The summed E-state index contributed by atoms with van der Waals surface area (Å²) < 4.78 is 2.51. The lowest BCUT2D eigenvalue weighted by Crippen LogP contribution is -2.15. The number of nitrogens with zero attached hydrogens (tertiary/aromatic N) is 3. The van der Waals surface area contributed by atoms with E-state index in [2.05, 4.69) is 11.6 Å². The number of nitro benzene ring substituents is 1. The fraction of sp³-hybridized carbons (Fsp3) is 0.0588. The molecule has 6 nitrogen and oxygen atoms in total. The molecule has 0 aliphatic heterocycles. The van der Waals surface area contributed by atoms with Crippen LogP contribution in [0.5, 0.6) is 0 Å². The number of carbonyl (C=O) groups excluding carboxylic acids is 1. The van der Waals surface area contributed by atoms with Crippen LogP contribution < -0.4 is 4.80 Å². The maximum absolute atomic E-state index is 12.1. The van der Waals surface area contributed by atoms with E-state index >= 15 is 0 Å². The summed E-state index contributed by atoms with van der Waals surface area (Å²) in [4.78, 5) is 28.2. The molecule has 0 radical (unpaired) electrons. The van der Waals surface area contributed by atoms with Gasteiger partial charge in [0.05, 0.1) is 15.1 Å². The highest BCUT2D eigenvalue weighted by Gasteiger charge is 2.11. The molecule has 25 heavy (non-hydrogen) atoms. The number of allylic oxidation sites excluding steroid dienone is 1. The predicted octanol–water partition coefficient (Wildman–Crippen LogP) is 4.00. The molecule has 0 fully saturated rings. The molecule has 0 N–H and O–H groups in total. The number of thiophene rings is 1. The number of amides is 1. The van der Waals surface area contributed by atoms with Crippen molar-refractivity contribution in [1.29, 1.82) is 0 Å². The first-order valence-electron chi connectivity index (χ1n) is 7.27. The van der Waals surface area contributed by atoms with Gasteiger partial charge in [0, 0.05) is 29.6 Å². The van der Waals surface area contributed by atoms with Gasteiger partial charge in [0.25, 0.3) is 11.6 Å². The normalized spacial score (nSPS) is 12.1. The third-order valence-corrected chi connectivity index (χ3v) is 5.21. The van der Waals surface area contributed by atoms with E-state index in [0.29, 0.717) is 16.0 Å².